The SMILES string of the molecule is COc1ccc(OC(=O)C2CCC(C(=O)Oc3ccc4c(c3C3=c5ccccc5=CC[C@@H]3OC(=O)C3CCC(C(=O)Oc5ccc(OC)cc5)CC3)=CCCC=4)CC2)cc1. The average molecular weight is 811 g/mol. The molecular formula is C50H50O10. The molecule has 0 spiro atoms. The number of carbonyl (C=O) groups is 4. The van der Waals surface area contributed by atoms with Crippen LogP contribution in [0.3, 0.4) is 0 Å². The zero-order valence-electron chi connectivity index (χ0n) is 34.1. The van der Waals surface area contributed by atoms with E-state index >= 15 is 0 Å². The molecule has 0 unspecified atom stereocenters. The summed E-state index contributed by atoms with van der Waals surface area (Å²) in [7, 11) is 3.16. The Labute approximate surface area is 349 Å². The molecule has 2 fully saturated rings. The molecule has 10 heteroatoms. The van der Waals surface area contributed by atoms with E-state index in [0.717, 1.165) is 44.9 Å². The highest BCUT2D eigenvalue weighted by Gasteiger charge is 2.36. The minimum absolute atomic E-state index is 0.298. The quantitative estimate of drug-likeness (QED) is 0.130. The summed E-state index contributed by atoms with van der Waals surface area (Å²) in [5.74, 6) is 0.0710. The van der Waals surface area contributed by atoms with Gasteiger partial charge in [0.15, 0.2) is 0 Å². The highest BCUT2D eigenvalue weighted by atomic mass is 16.6. The van der Waals surface area contributed by atoms with Crippen molar-refractivity contribution < 1.29 is 47.6 Å². The minimum Gasteiger partial charge on any atom is -0.497 e. The van der Waals surface area contributed by atoms with Gasteiger partial charge >= 0.3 is 23.9 Å². The number of benzene rings is 4. The summed E-state index contributed by atoms with van der Waals surface area (Å²) in [4.78, 5) is 54.1. The number of hydrogen-bond donors (Lipinski definition) is 0. The summed E-state index contributed by atoms with van der Waals surface area (Å²) in [6, 6.07) is 25.7. The van der Waals surface area contributed by atoms with Gasteiger partial charge in [-0.2, -0.15) is 0 Å². The third-order valence-corrected chi connectivity index (χ3v) is 12.3. The molecule has 60 heavy (non-hydrogen) atoms. The first-order chi connectivity index (χ1) is 29.3. The van der Waals surface area contributed by atoms with Crippen LogP contribution in [0.15, 0.2) is 84.9 Å². The maximum atomic E-state index is 14.0. The molecule has 1 atom stereocenters. The van der Waals surface area contributed by atoms with E-state index in [1.54, 1.807) is 62.8 Å². The highest BCUT2D eigenvalue weighted by molar-refractivity contribution is 5.84. The standard InChI is InChI=1S/C50H50O10/c1-55-37-21-25-39(26-22-37)57-47(51)33-11-15-35(16-12-33)49(53)59-43-29-19-31-7-3-5-9-41(31)45(43)46-42-10-6-4-8-32(42)20-30-44(46)60-50(54)36-17-13-34(14-18-36)48(52)58-40-27-23-38(56-2)24-28-40/h3,5,7-10,19-28,30,33-36,43H,4,6,11-18,29H2,1-2H3/t33?,34?,35?,36?,43-/m0/s1. The summed E-state index contributed by atoms with van der Waals surface area (Å²) < 4.78 is 34.5. The molecule has 0 saturated heterocycles. The molecule has 0 N–H and O–H groups in total. The molecule has 0 aromatic heterocycles. The van der Waals surface area contributed by atoms with Crippen molar-refractivity contribution >= 4 is 47.7 Å². The van der Waals surface area contributed by atoms with Gasteiger partial charge in [0.25, 0.3) is 0 Å². The first-order valence-electron chi connectivity index (χ1n) is 21.0. The first-order valence-corrected chi connectivity index (χ1v) is 21.0. The van der Waals surface area contributed by atoms with Crippen LogP contribution < -0.4 is 44.6 Å². The van der Waals surface area contributed by atoms with E-state index in [1.165, 1.54) is 0 Å². The van der Waals surface area contributed by atoms with Crippen LogP contribution in [0.2, 0.25) is 0 Å². The van der Waals surface area contributed by atoms with Crippen molar-refractivity contribution in [2.75, 3.05) is 14.2 Å². The molecule has 0 radical (unpaired) electrons. The van der Waals surface area contributed by atoms with Gasteiger partial charge in [0.2, 0.25) is 0 Å². The first kappa shape index (κ1) is 40.6. The Kier molecular flexibility index (Phi) is 12.5. The van der Waals surface area contributed by atoms with Gasteiger partial charge in [0.05, 0.1) is 37.9 Å². The molecule has 4 aromatic rings. The van der Waals surface area contributed by atoms with Crippen LogP contribution in [-0.2, 0) is 23.9 Å². The molecule has 310 valence electrons. The molecule has 4 aromatic carbocycles. The molecule has 0 aliphatic heterocycles. The second-order valence-corrected chi connectivity index (χ2v) is 16.0. The number of rotatable bonds is 11. The van der Waals surface area contributed by atoms with Crippen LogP contribution in [-0.4, -0.2) is 44.2 Å². The number of esters is 4. The van der Waals surface area contributed by atoms with Crippen molar-refractivity contribution in [1.29, 1.82) is 0 Å². The van der Waals surface area contributed by atoms with Crippen LogP contribution in [0.1, 0.15) is 76.2 Å². The molecule has 0 bridgehead atoms. The largest absolute Gasteiger partial charge is 0.497 e. The predicted molar refractivity (Wildman–Crippen MR) is 225 cm³/mol. The molecule has 8 rings (SSSR count). The lowest BCUT2D eigenvalue weighted by Crippen LogP contribution is -2.42. The van der Waals surface area contributed by atoms with Crippen molar-refractivity contribution in [3.63, 3.8) is 0 Å². The van der Waals surface area contributed by atoms with Crippen LogP contribution >= 0.6 is 0 Å². The monoisotopic (exact) mass is 810 g/mol. The van der Waals surface area contributed by atoms with Crippen molar-refractivity contribution in [3.8, 4) is 28.7 Å². The van der Waals surface area contributed by atoms with Crippen LogP contribution in [0.4, 0.5) is 0 Å². The summed E-state index contributed by atoms with van der Waals surface area (Å²) >= 11 is 0. The Hall–Kier alpha value is -6.16. The number of ether oxygens (including phenoxy) is 6. The number of fused-ring (bicyclic) bond motifs is 2. The van der Waals surface area contributed by atoms with E-state index in [0.29, 0.717) is 86.5 Å². The van der Waals surface area contributed by atoms with Crippen molar-refractivity contribution in [1.82, 2.24) is 0 Å². The molecule has 2 saturated carbocycles. The summed E-state index contributed by atoms with van der Waals surface area (Å²) in [5, 5.41) is 3.94. The lowest BCUT2D eigenvalue weighted by Gasteiger charge is -2.30. The van der Waals surface area contributed by atoms with E-state index in [2.05, 4.69) is 24.3 Å². The zero-order valence-corrected chi connectivity index (χ0v) is 34.1. The smallest absolute Gasteiger partial charge is 0.314 e. The normalized spacial score (nSPS) is 21.9. The second kappa shape index (κ2) is 18.4. The van der Waals surface area contributed by atoms with Crippen molar-refractivity contribution in [2.45, 2.75) is 76.7 Å². The van der Waals surface area contributed by atoms with Gasteiger partial charge < -0.3 is 28.4 Å². The maximum absolute atomic E-state index is 14.0. The Balaban J connectivity index is 0.983. The number of hydrogen-bond acceptors (Lipinski definition) is 10. The Morgan fingerprint density at radius 2 is 0.967 bits per heavy atom. The predicted octanol–water partition coefficient (Wildman–Crippen LogP) is 6.08. The fraction of sp³-hybridized carbons (Fsp3) is 0.360. The van der Waals surface area contributed by atoms with Gasteiger partial charge in [-0.15, -0.1) is 0 Å². The summed E-state index contributed by atoms with van der Waals surface area (Å²) in [6.45, 7) is 0. The third kappa shape index (κ3) is 9.03. The lowest BCUT2D eigenvalue weighted by molar-refractivity contribution is -0.154. The van der Waals surface area contributed by atoms with Crippen molar-refractivity contribution in [2.24, 2.45) is 23.7 Å². The Morgan fingerprint density at radius 1 is 0.483 bits per heavy atom. The van der Waals surface area contributed by atoms with Gasteiger partial charge in [-0.1, -0.05) is 48.6 Å². The molecular weight excluding hydrogens is 761 g/mol. The van der Waals surface area contributed by atoms with Crippen molar-refractivity contribution in [3.05, 3.63) is 111 Å². The zero-order chi connectivity index (χ0) is 41.6. The number of methoxy groups -OCH3 is 2. The van der Waals surface area contributed by atoms with Crippen LogP contribution in [0.25, 0.3) is 23.8 Å². The van der Waals surface area contributed by atoms with E-state index in [4.69, 9.17) is 28.4 Å². The molecule has 10 nitrogen and oxygen atoms in total. The highest BCUT2D eigenvalue weighted by Crippen LogP contribution is 2.36. The average Bonchev–Trinajstić information content (AvgIpc) is 3.29. The minimum atomic E-state index is -0.628. The fourth-order valence-electron chi connectivity index (χ4n) is 8.94. The van der Waals surface area contributed by atoms with Gasteiger partial charge in [-0.25, -0.2) is 0 Å². The fourth-order valence-corrected chi connectivity index (χ4v) is 8.94. The topological polar surface area (TPSA) is 124 Å². The Bertz CT molecular complexity index is 2490. The lowest BCUT2D eigenvalue weighted by atomic mass is 9.82. The molecule has 0 heterocycles. The van der Waals surface area contributed by atoms with Gasteiger partial charge in [0, 0.05) is 17.6 Å². The van der Waals surface area contributed by atoms with E-state index in [9.17, 15) is 19.2 Å². The Morgan fingerprint density at radius 3 is 1.52 bits per heavy atom. The number of carbonyl (C=O) groups excluding carboxylic acids is 4. The molecule has 4 aliphatic rings. The van der Waals surface area contributed by atoms with Gasteiger partial charge in [-0.3, -0.25) is 19.2 Å². The third-order valence-electron chi connectivity index (χ3n) is 12.3. The molecule has 0 amide bonds. The van der Waals surface area contributed by atoms with E-state index in [-0.39, 0.29) is 47.5 Å². The van der Waals surface area contributed by atoms with Crippen LogP contribution in [0, 0.1) is 23.7 Å². The van der Waals surface area contributed by atoms with Crippen LogP contribution in [0.5, 0.6) is 28.7 Å². The van der Waals surface area contributed by atoms with E-state index < -0.39 is 6.10 Å². The van der Waals surface area contributed by atoms with Gasteiger partial charge in [-0.05, 0) is 140 Å². The molecule has 4 aliphatic carbocycles. The second-order valence-electron chi connectivity index (χ2n) is 16.0. The summed E-state index contributed by atoms with van der Waals surface area (Å²) in [6.07, 6.45) is 12.1. The van der Waals surface area contributed by atoms with Gasteiger partial charge in [0.1, 0.15) is 34.9 Å². The van der Waals surface area contributed by atoms with E-state index in [1.807, 2.05) is 30.3 Å². The summed E-state index contributed by atoms with van der Waals surface area (Å²) in [5.41, 5.74) is 1.58. The maximum Gasteiger partial charge on any atom is 0.314 e.